The van der Waals surface area contributed by atoms with E-state index in [1.807, 2.05) is 6.92 Å². The normalized spacial score (nSPS) is 10.5. The van der Waals surface area contributed by atoms with Crippen molar-refractivity contribution in [1.82, 2.24) is 15.0 Å². The van der Waals surface area contributed by atoms with E-state index < -0.39 is 0 Å². The predicted octanol–water partition coefficient (Wildman–Crippen LogP) is 3.30. The summed E-state index contributed by atoms with van der Waals surface area (Å²) < 4.78 is 5.35. The van der Waals surface area contributed by atoms with Gasteiger partial charge in [-0.3, -0.25) is 0 Å². The number of halogens is 1. The predicted molar refractivity (Wildman–Crippen MR) is 77.0 cm³/mol. The van der Waals surface area contributed by atoms with Crippen LogP contribution in [0.5, 0.6) is 6.01 Å². The lowest BCUT2D eigenvalue weighted by molar-refractivity contribution is 0.291. The molecule has 0 bridgehead atoms. The topological polar surface area (TPSA) is 59.9 Å². The van der Waals surface area contributed by atoms with Crippen molar-refractivity contribution in [2.75, 3.05) is 11.9 Å². The monoisotopic (exact) mass is 298 g/mol. The molecule has 0 amide bonds. The first-order chi connectivity index (χ1) is 9.17. The summed E-state index contributed by atoms with van der Waals surface area (Å²) in [5.74, 6) is 0.428. The van der Waals surface area contributed by atoms with Gasteiger partial charge in [-0.05, 0) is 37.1 Å². The van der Waals surface area contributed by atoms with Crippen LogP contribution in [0.1, 0.15) is 23.1 Å². The second-order valence-electron chi connectivity index (χ2n) is 3.92. The summed E-state index contributed by atoms with van der Waals surface area (Å²) in [5, 5.41) is 3.25. The summed E-state index contributed by atoms with van der Waals surface area (Å²) in [6.45, 7) is 5.31. The lowest BCUT2D eigenvalue weighted by Crippen LogP contribution is -2.07. The maximum absolute atomic E-state index is 5.84. The molecule has 0 aliphatic carbocycles. The second-order valence-corrected chi connectivity index (χ2v) is 5.64. The lowest BCUT2D eigenvalue weighted by atomic mass is 10.4. The van der Waals surface area contributed by atoms with E-state index in [4.69, 9.17) is 16.3 Å². The highest BCUT2D eigenvalue weighted by atomic mass is 35.5. The minimum atomic E-state index is 0.131. The standard InChI is InChI=1S/C12H15ClN4OS/c1-3-6-18-12-16-10(13)15-11(17-12)14-7-9-5-4-8(2)19-9/h4-5H,3,6-7H2,1-2H3,(H,14,15,16,17). The third kappa shape index (κ3) is 4.33. The van der Waals surface area contributed by atoms with Crippen LogP contribution in [0.25, 0.3) is 0 Å². The molecule has 0 aromatic carbocycles. The maximum atomic E-state index is 5.84. The van der Waals surface area contributed by atoms with Gasteiger partial charge in [-0.2, -0.15) is 15.0 Å². The number of rotatable bonds is 6. The quantitative estimate of drug-likeness (QED) is 0.886. The molecule has 2 heterocycles. The van der Waals surface area contributed by atoms with Crippen LogP contribution < -0.4 is 10.1 Å². The molecule has 0 saturated carbocycles. The molecule has 5 nitrogen and oxygen atoms in total. The van der Waals surface area contributed by atoms with Crippen molar-refractivity contribution in [2.45, 2.75) is 26.8 Å². The third-order valence-corrected chi connectivity index (χ3v) is 3.41. The number of nitrogens with one attached hydrogen (secondary N) is 1. The highest BCUT2D eigenvalue weighted by molar-refractivity contribution is 7.11. The average Bonchev–Trinajstić information content (AvgIpc) is 2.79. The Morgan fingerprint density at radius 2 is 2.16 bits per heavy atom. The fourth-order valence-corrected chi connectivity index (χ4v) is 2.40. The van der Waals surface area contributed by atoms with E-state index in [1.165, 1.54) is 9.75 Å². The summed E-state index contributed by atoms with van der Waals surface area (Å²) in [5.41, 5.74) is 0. The first-order valence-electron chi connectivity index (χ1n) is 6.01. The van der Waals surface area contributed by atoms with Crippen molar-refractivity contribution in [2.24, 2.45) is 0 Å². The van der Waals surface area contributed by atoms with Gasteiger partial charge in [-0.25, -0.2) is 0 Å². The Morgan fingerprint density at radius 1 is 1.32 bits per heavy atom. The number of anilines is 1. The smallest absolute Gasteiger partial charge is 0.322 e. The maximum Gasteiger partial charge on any atom is 0.322 e. The molecule has 0 atom stereocenters. The molecule has 0 aliphatic rings. The molecular weight excluding hydrogens is 284 g/mol. The van der Waals surface area contributed by atoms with E-state index in [2.05, 4.69) is 39.3 Å². The van der Waals surface area contributed by atoms with Crippen LogP contribution in [-0.4, -0.2) is 21.6 Å². The van der Waals surface area contributed by atoms with Crippen LogP contribution in [0.15, 0.2) is 12.1 Å². The molecule has 2 rings (SSSR count). The van der Waals surface area contributed by atoms with Crippen molar-refractivity contribution in [3.8, 4) is 6.01 Å². The Hall–Kier alpha value is -1.40. The van der Waals surface area contributed by atoms with Gasteiger partial charge >= 0.3 is 6.01 Å². The number of hydrogen-bond donors (Lipinski definition) is 1. The van der Waals surface area contributed by atoms with Crippen LogP contribution in [-0.2, 0) is 6.54 Å². The van der Waals surface area contributed by atoms with Crippen LogP contribution in [0, 0.1) is 6.92 Å². The van der Waals surface area contributed by atoms with Crippen molar-refractivity contribution < 1.29 is 4.74 Å². The van der Waals surface area contributed by atoms with Gasteiger partial charge in [0.15, 0.2) is 0 Å². The van der Waals surface area contributed by atoms with E-state index in [-0.39, 0.29) is 11.3 Å². The van der Waals surface area contributed by atoms with Gasteiger partial charge < -0.3 is 10.1 Å². The number of ether oxygens (including phenoxy) is 1. The SMILES string of the molecule is CCCOc1nc(Cl)nc(NCc2ccc(C)s2)n1. The first kappa shape index (κ1) is 14.0. The van der Waals surface area contributed by atoms with Gasteiger partial charge in [0.2, 0.25) is 11.2 Å². The molecule has 0 spiro atoms. The number of hydrogen-bond acceptors (Lipinski definition) is 6. The van der Waals surface area contributed by atoms with E-state index >= 15 is 0 Å². The second kappa shape index (κ2) is 6.68. The molecule has 102 valence electrons. The van der Waals surface area contributed by atoms with Crippen molar-refractivity contribution in [3.63, 3.8) is 0 Å². The molecule has 1 N–H and O–H groups in total. The van der Waals surface area contributed by atoms with E-state index in [0.29, 0.717) is 19.1 Å². The largest absolute Gasteiger partial charge is 0.463 e. The summed E-state index contributed by atoms with van der Waals surface area (Å²) in [6.07, 6.45) is 0.889. The zero-order chi connectivity index (χ0) is 13.7. The summed E-state index contributed by atoms with van der Waals surface area (Å²) >= 11 is 7.57. The fourth-order valence-electron chi connectivity index (χ4n) is 1.42. The van der Waals surface area contributed by atoms with Gasteiger partial charge in [-0.15, -0.1) is 11.3 Å². The van der Waals surface area contributed by atoms with Crippen LogP contribution in [0.2, 0.25) is 5.28 Å². The molecular formula is C12H15ClN4OS. The molecule has 0 saturated heterocycles. The van der Waals surface area contributed by atoms with E-state index in [9.17, 15) is 0 Å². The molecule has 0 radical (unpaired) electrons. The van der Waals surface area contributed by atoms with Crippen molar-refractivity contribution >= 4 is 28.9 Å². The highest BCUT2D eigenvalue weighted by Gasteiger charge is 2.06. The minimum absolute atomic E-state index is 0.131. The van der Waals surface area contributed by atoms with E-state index in [0.717, 1.165) is 6.42 Å². The average molecular weight is 299 g/mol. The van der Waals surface area contributed by atoms with Gasteiger partial charge in [0.25, 0.3) is 0 Å². The van der Waals surface area contributed by atoms with Crippen molar-refractivity contribution in [3.05, 3.63) is 27.2 Å². The Labute approximate surface area is 121 Å². The molecule has 2 aromatic rings. The first-order valence-corrected chi connectivity index (χ1v) is 7.20. The van der Waals surface area contributed by atoms with Gasteiger partial charge in [0.05, 0.1) is 13.2 Å². The number of aryl methyl sites for hydroxylation is 1. The fraction of sp³-hybridized carbons (Fsp3) is 0.417. The zero-order valence-electron chi connectivity index (χ0n) is 10.8. The molecule has 19 heavy (non-hydrogen) atoms. The van der Waals surface area contributed by atoms with Crippen LogP contribution >= 0.6 is 22.9 Å². The van der Waals surface area contributed by atoms with Gasteiger partial charge in [0.1, 0.15) is 0 Å². The van der Waals surface area contributed by atoms with Crippen LogP contribution in [0.4, 0.5) is 5.95 Å². The Bertz CT molecular complexity index is 546. The van der Waals surface area contributed by atoms with Gasteiger partial charge in [-0.1, -0.05) is 6.92 Å². The van der Waals surface area contributed by atoms with Crippen LogP contribution in [0.3, 0.4) is 0 Å². The Balaban J connectivity index is 2.01. The highest BCUT2D eigenvalue weighted by Crippen LogP contribution is 2.17. The van der Waals surface area contributed by atoms with E-state index in [1.54, 1.807) is 11.3 Å². The molecule has 0 aliphatic heterocycles. The summed E-state index contributed by atoms with van der Waals surface area (Å²) in [7, 11) is 0. The number of thiophene rings is 1. The Morgan fingerprint density at radius 3 is 2.84 bits per heavy atom. The lowest BCUT2D eigenvalue weighted by Gasteiger charge is -2.06. The number of aromatic nitrogens is 3. The van der Waals surface area contributed by atoms with Crippen molar-refractivity contribution in [1.29, 1.82) is 0 Å². The molecule has 0 fully saturated rings. The molecule has 2 aromatic heterocycles. The van der Waals surface area contributed by atoms with Gasteiger partial charge in [0, 0.05) is 9.75 Å². The third-order valence-electron chi connectivity index (χ3n) is 2.24. The minimum Gasteiger partial charge on any atom is -0.463 e. The summed E-state index contributed by atoms with van der Waals surface area (Å²) in [6, 6.07) is 4.41. The molecule has 7 heteroatoms. The summed E-state index contributed by atoms with van der Waals surface area (Å²) in [4.78, 5) is 14.6. The molecule has 0 unspecified atom stereocenters. The number of nitrogens with zero attached hydrogens (tertiary/aromatic N) is 3. The zero-order valence-corrected chi connectivity index (χ0v) is 12.4. The Kier molecular flexibility index (Phi) is 4.93.